The maximum absolute atomic E-state index is 14.3. The molecule has 0 saturated heterocycles. The van der Waals surface area contributed by atoms with E-state index in [-0.39, 0.29) is 11.5 Å². The molecule has 2 aromatic heterocycles. The van der Waals surface area contributed by atoms with Gasteiger partial charge in [-0.3, -0.25) is 4.79 Å². The molecule has 1 atom stereocenters. The van der Waals surface area contributed by atoms with E-state index in [4.69, 9.17) is 19.2 Å². The summed E-state index contributed by atoms with van der Waals surface area (Å²) < 4.78 is 16.5. The summed E-state index contributed by atoms with van der Waals surface area (Å²) in [4.78, 5) is 25.1. The van der Waals surface area contributed by atoms with Gasteiger partial charge in [-0.1, -0.05) is 36.7 Å². The van der Waals surface area contributed by atoms with Gasteiger partial charge in [0, 0.05) is 23.3 Å². The number of methoxy groups -OCH3 is 3. The van der Waals surface area contributed by atoms with Gasteiger partial charge in [0.05, 0.1) is 26.9 Å². The van der Waals surface area contributed by atoms with Gasteiger partial charge in [0.25, 0.3) is 5.56 Å². The van der Waals surface area contributed by atoms with Gasteiger partial charge < -0.3 is 29.4 Å². The zero-order chi connectivity index (χ0) is 30.9. The zero-order valence-corrected chi connectivity index (χ0v) is 26.7. The van der Waals surface area contributed by atoms with Gasteiger partial charge in [0.2, 0.25) is 5.13 Å². The van der Waals surface area contributed by atoms with Crippen molar-refractivity contribution in [3.8, 4) is 28.1 Å². The molecule has 1 aliphatic heterocycles. The minimum absolute atomic E-state index is 0.146. The highest BCUT2D eigenvalue weighted by Gasteiger charge is 2.41. The molecule has 0 radical (unpaired) electrons. The first kappa shape index (κ1) is 29.3. The Balaban J connectivity index is 1.34. The van der Waals surface area contributed by atoms with Gasteiger partial charge in [0.1, 0.15) is 11.6 Å². The number of hydrogen-bond acceptors (Lipinski definition) is 10. The van der Waals surface area contributed by atoms with Crippen LogP contribution in [0.5, 0.6) is 17.2 Å². The Bertz CT molecular complexity index is 1780. The molecule has 234 valence electrons. The fourth-order valence-electron chi connectivity index (χ4n) is 7.12. The number of nitrogens with one attached hydrogen (secondary N) is 2. The highest BCUT2D eigenvalue weighted by molar-refractivity contribution is 7.18. The van der Waals surface area contributed by atoms with Crippen molar-refractivity contribution in [2.75, 3.05) is 31.5 Å². The molecule has 1 unspecified atom stereocenters. The number of nitrogens with zero attached hydrogens (tertiary/aromatic N) is 4. The number of ether oxygens (including phenoxy) is 3. The zero-order valence-electron chi connectivity index (χ0n) is 25.9. The normalized spacial score (nSPS) is 18.3. The molecule has 11 heteroatoms. The van der Waals surface area contributed by atoms with Gasteiger partial charge >= 0.3 is 0 Å². The largest absolute Gasteiger partial charge is 0.497 e. The van der Waals surface area contributed by atoms with Crippen molar-refractivity contribution < 1.29 is 14.2 Å². The number of aromatic nitrogens is 4. The molecule has 2 aliphatic carbocycles. The van der Waals surface area contributed by atoms with E-state index in [2.05, 4.69) is 31.5 Å². The Kier molecular flexibility index (Phi) is 8.18. The predicted octanol–water partition coefficient (Wildman–Crippen LogP) is 7.17. The molecule has 4 aromatic rings. The molecule has 0 bridgehead atoms. The van der Waals surface area contributed by atoms with Crippen LogP contribution in [0.2, 0.25) is 0 Å². The van der Waals surface area contributed by atoms with Crippen LogP contribution in [-0.4, -0.2) is 47.5 Å². The third kappa shape index (κ3) is 5.54. The molecule has 2 aromatic carbocycles. The van der Waals surface area contributed by atoms with Crippen LogP contribution in [0.25, 0.3) is 10.8 Å². The number of hydrogen-bond donors (Lipinski definition) is 2. The van der Waals surface area contributed by atoms with E-state index in [1.54, 1.807) is 21.3 Å². The van der Waals surface area contributed by atoms with Crippen LogP contribution in [0.4, 0.5) is 16.6 Å². The van der Waals surface area contributed by atoms with Crippen LogP contribution in [0.1, 0.15) is 74.8 Å². The fourth-order valence-corrected chi connectivity index (χ4v) is 7.83. The smallest absolute Gasteiger partial charge is 0.257 e. The van der Waals surface area contributed by atoms with Crippen LogP contribution >= 0.6 is 11.3 Å². The fraction of sp³-hybridized carbons (Fsp3) is 0.412. The number of H-pyrrole nitrogens is 1. The molecular formula is C34H38N6O4S. The second-order valence-electron chi connectivity index (χ2n) is 11.8. The molecule has 45 heavy (non-hydrogen) atoms. The second-order valence-corrected chi connectivity index (χ2v) is 12.8. The molecule has 1 fully saturated rings. The highest BCUT2D eigenvalue weighted by Crippen LogP contribution is 2.50. The van der Waals surface area contributed by atoms with Crippen molar-refractivity contribution in [1.29, 1.82) is 0 Å². The summed E-state index contributed by atoms with van der Waals surface area (Å²) in [5, 5.41) is 13.3. The third-order valence-electron chi connectivity index (χ3n) is 9.22. The van der Waals surface area contributed by atoms with Crippen molar-refractivity contribution in [2.24, 2.45) is 0 Å². The summed E-state index contributed by atoms with van der Waals surface area (Å²) in [7, 11) is 4.93. The van der Waals surface area contributed by atoms with Gasteiger partial charge in [-0.25, -0.2) is 4.98 Å². The average molecular weight is 627 g/mol. The van der Waals surface area contributed by atoms with E-state index in [0.717, 1.165) is 61.3 Å². The quantitative estimate of drug-likeness (QED) is 0.210. The van der Waals surface area contributed by atoms with Gasteiger partial charge in [-0.05, 0) is 86.1 Å². The lowest BCUT2D eigenvalue weighted by molar-refractivity contribution is 0.354. The summed E-state index contributed by atoms with van der Waals surface area (Å²) in [5.74, 6) is 3.06. The van der Waals surface area contributed by atoms with E-state index in [1.165, 1.54) is 41.9 Å². The lowest BCUT2D eigenvalue weighted by Gasteiger charge is -2.45. The Labute approximate surface area is 266 Å². The number of anilines is 3. The number of allylic oxidation sites excluding steroid dienone is 2. The van der Waals surface area contributed by atoms with Crippen molar-refractivity contribution in [3.05, 3.63) is 75.2 Å². The molecule has 10 nitrogen and oxygen atoms in total. The van der Waals surface area contributed by atoms with E-state index in [1.807, 2.05) is 36.4 Å². The van der Waals surface area contributed by atoms with Crippen molar-refractivity contribution in [3.63, 3.8) is 0 Å². The standard InChI is InChI=1S/C34H38N6O4S/c1-42-23-16-14-21(15-17-23)35-34-39-38-33(45-34)30-36-31-29(32(41)37-30)28(20-13-18-26(43-2)27(19-20)44-3)24-11-7-8-12-25(24)40(31)22-9-5-4-6-10-22/h13-19,22,28H,4-12H2,1-3H3,(H,35,39)(H,36,37,41). The summed E-state index contributed by atoms with van der Waals surface area (Å²) >= 11 is 1.36. The summed E-state index contributed by atoms with van der Waals surface area (Å²) in [6.45, 7) is 0. The number of aromatic amines is 1. The first-order valence-electron chi connectivity index (χ1n) is 15.7. The van der Waals surface area contributed by atoms with Crippen molar-refractivity contribution in [2.45, 2.75) is 69.7 Å². The maximum Gasteiger partial charge on any atom is 0.257 e. The van der Waals surface area contributed by atoms with E-state index in [9.17, 15) is 4.79 Å². The van der Waals surface area contributed by atoms with Crippen LogP contribution in [0.15, 0.2) is 58.5 Å². The summed E-state index contributed by atoms with van der Waals surface area (Å²) in [6.07, 6.45) is 9.97. The summed E-state index contributed by atoms with van der Waals surface area (Å²) in [6, 6.07) is 13.9. The SMILES string of the molecule is COc1ccc(Nc2nnc(-c3nc4c(c(=O)[nH]3)C(c3ccc(OC)c(OC)c3)C3=C(CCCC3)N4C3CCCCC3)s2)cc1. The Morgan fingerprint density at radius 1 is 0.889 bits per heavy atom. The Hall–Kier alpha value is -4.38. The molecule has 3 heterocycles. The molecule has 1 saturated carbocycles. The van der Waals surface area contributed by atoms with E-state index in [0.29, 0.717) is 39.1 Å². The first-order valence-corrected chi connectivity index (χ1v) is 16.5. The van der Waals surface area contributed by atoms with Crippen LogP contribution in [0.3, 0.4) is 0 Å². The van der Waals surface area contributed by atoms with Crippen molar-refractivity contribution in [1.82, 2.24) is 20.2 Å². The number of rotatable bonds is 8. The average Bonchev–Trinajstić information content (AvgIpc) is 3.56. The predicted molar refractivity (Wildman–Crippen MR) is 176 cm³/mol. The molecule has 7 rings (SSSR count). The van der Waals surface area contributed by atoms with Crippen LogP contribution in [-0.2, 0) is 0 Å². The monoisotopic (exact) mass is 626 g/mol. The van der Waals surface area contributed by atoms with Crippen molar-refractivity contribution >= 4 is 28.0 Å². The van der Waals surface area contributed by atoms with Gasteiger partial charge in [-0.2, -0.15) is 0 Å². The Morgan fingerprint density at radius 3 is 2.42 bits per heavy atom. The lowest BCUT2D eigenvalue weighted by atomic mass is 9.75. The highest BCUT2D eigenvalue weighted by atomic mass is 32.1. The van der Waals surface area contributed by atoms with Crippen LogP contribution in [0, 0.1) is 0 Å². The van der Waals surface area contributed by atoms with Gasteiger partial charge in [-0.15, -0.1) is 10.2 Å². The molecular weight excluding hydrogens is 588 g/mol. The molecule has 0 spiro atoms. The summed E-state index contributed by atoms with van der Waals surface area (Å²) in [5.41, 5.74) is 5.08. The second kappa shape index (κ2) is 12.5. The van der Waals surface area contributed by atoms with Crippen LogP contribution < -0.4 is 30.0 Å². The number of benzene rings is 2. The van der Waals surface area contributed by atoms with E-state index >= 15 is 0 Å². The topological polar surface area (TPSA) is 114 Å². The Morgan fingerprint density at radius 2 is 1.67 bits per heavy atom. The lowest BCUT2D eigenvalue weighted by Crippen LogP contribution is -2.43. The molecule has 3 aliphatic rings. The van der Waals surface area contributed by atoms with Gasteiger partial charge in [0.15, 0.2) is 22.3 Å². The maximum atomic E-state index is 14.3. The molecule has 2 N–H and O–H groups in total. The minimum Gasteiger partial charge on any atom is -0.497 e. The van der Waals surface area contributed by atoms with E-state index < -0.39 is 0 Å². The minimum atomic E-state index is -0.220. The third-order valence-corrected chi connectivity index (χ3v) is 10.1. The first-order chi connectivity index (χ1) is 22.1. The number of fused-ring (bicyclic) bond motifs is 1. The molecule has 0 amide bonds.